The van der Waals surface area contributed by atoms with Gasteiger partial charge in [-0.15, -0.1) is 29.6 Å². The van der Waals surface area contributed by atoms with E-state index < -0.39 is 17.9 Å². The minimum absolute atomic E-state index is 0.254. The van der Waals surface area contributed by atoms with Gasteiger partial charge in [-0.1, -0.05) is 44.2 Å². The van der Waals surface area contributed by atoms with E-state index >= 15 is 0 Å². The number of hydrogen-bond donors (Lipinski definition) is 1. The van der Waals surface area contributed by atoms with Crippen molar-refractivity contribution in [3.8, 4) is 34.3 Å². The van der Waals surface area contributed by atoms with Gasteiger partial charge in [0.25, 0.3) is 0 Å². The summed E-state index contributed by atoms with van der Waals surface area (Å²) in [5, 5.41) is 9.58. The minimum atomic E-state index is -4.76. The van der Waals surface area contributed by atoms with E-state index in [9.17, 15) is 18.0 Å². The smallest absolute Gasteiger partial charge is 0.497 e. The van der Waals surface area contributed by atoms with Crippen LogP contribution in [0.15, 0.2) is 83.4 Å². The van der Waals surface area contributed by atoms with Crippen LogP contribution in [0.25, 0.3) is 22.8 Å². The third-order valence-electron chi connectivity index (χ3n) is 7.80. The second-order valence-electron chi connectivity index (χ2n) is 11.3. The number of rotatable bonds is 8. The molecule has 0 bridgehead atoms. The number of urea groups is 1. The van der Waals surface area contributed by atoms with Crippen molar-refractivity contribution >= 4 is 17.4 Å². The fraction of sp³-hybridized carbons (Fsp3) is 0.273. The molecule has 5 aromatic rings. The van der Waals surface area contributed by atoms with Gasteiger partial charge in [-0.05, 0) is 67.1 Å². The van der Waals surface area contributed by atoms with E-state index in [-0.39, 0.29) is 11.7 Å². The molecular weight excluding hydrogens is 617 g/mol. The summed E-state index contributed by atoms with van der Waals surface area (Å²) in [5.74, 6) is 1.11. The molecule has 1 saturated carbocycles. The van der Waals surface area contributed by atoms with Gasteiger partial charge in [0.05, 0.1) is 24.0 Å². The molecule has 1 aliphatic rings. The first-order valence-corrected chi connectivity index (χ1v) is 15.4. The third-order valence-corrected chi connectivity index (χ3v) is 8.74. The van der Waals surface area contributed by atoms with Crippen LogP contribution < -0.4 is 19.6 Å². The summed E-state index contributed by atoms with van der Waals surface area (Å²) in [6, 6.07) is 18.5. The van der Waals surface area contributed by atoms with Crippen LogP contribution in [0.5, 0.6) is 11.5 Å². The van der Waals surface area contributed by atoms with Crippen LogP contribution in [0.3, 0.4) is 0 Å². The molecule has 6 rings (SSSR count). The maximum Gasteiger partial charge on any atom is 0.573 e. The first-order chi connectivity index (χ1) is 21.9. The van der Waals surface area contributed by atoms with E-state index in [2.05, 4.69) is 39.0 Å². The van der Waals surface area contributed by atoms with Crippen molar-refractivity contribution in [3.63, 3.8) is 0 Å². The zero-order valence-corrected chi connectivity index (χ0v) is 26.3. The standard InChI is InChI=1S/C33H31F3N6O3S/c1-20(2)27-14-13-26(44-4)17-28(27)42-21(3)18-46-31(42)38-30(43)39-32(15-16-32)23-7-5-22(6-8-23)29-37-19-41(40-29)24-9-11-25(12-10-24)45-33(34,35)36/h5-14,17-20H,15-16H2,1-4H3,(H,39,43). The molecule has 2 aromatic heterocycles. The topological polar surface area (TPSA) is 95.6 Å². The van der Waals surface area contributed by atoms with Crippen LogP contribution in [0, 0.1) is 6.92 Å². The summed E-state index contributed by atoms with van der Waals surface area (Å²) in [4.78, 5) is 22.7. The number of nitrogens with one attached hydrogen (secondary N) is 1. The molecule has 2 heterocycles. The zero-order valence-electron chi connectivity index (χ0n) is 25.5. The number of benzene rings is 3. The van der Waals surface area contributed by atoms with E-state index in [4.69, 9.17) is 4.74 Å². The number of alkyl halides is 3. The van der Waals surface area contributed by atoms with E-state index in [1.807, 2.05) is 59.3 Å². The number of halogens is 3. The lowest BCUT2D eigenvalue weighted by molar-refractivity contribution is -0.274. The number of carbonyl (C=O) groups excluding carboxylic acids is 1. The van der Waals surface area contributed by atoms with E-state index in [1.165, 1.54) is 46.6 Å². The highest BCUT2D eigenvalue weighted by molar-refractivity contribution is 7.07. The number of hydrogen-bond acceptors (Lipinski definition) is 6. The van der Waals surface area contributed by atoms with Crippen molar-refractivity contribution in [3.05, 3.63) is 100 Å². The van der Waals surface area contributed by atoms with E-state index in [1.54, 1.807) is 7.11 Å². The second-order valence-corrected chi connectivity index (χ2v) is 12.2. The molecule has 1 aliphatic carbocycles. The molecule has 1 fully saturated rings. The van der Waals surface area contributed by atoms with Crippen molar-refractivity contribution < 1.29 is 27.4 Å². The van der Waals surface area contributed by atoms with Gasteiger partial charge in [0.1, 0.15) is 17.8 Å². The SMILES string of the molecule is COc1ccc(C(C)C)c(-n2c(C)csc2=NC(=O)NC2(c3ccc(-c4ncn(-c5ccc(OC(F)(F)F)cc5)n4)cc3)CC2)c1. The largest absolute Gasteiger partial charge is 0.573 e. The van der Waals surface area contributed by atoms with E-state index in [0.29, 0.717) is 16.3 Å². The predicted molar refractivity (Wildman–Crippen MR) is 168 cm³/mol. The van der Waals surface area contributed by atoms with Gasteiger partial charge in [-0.2, -0.15) is 4.99 Å². The highest BCUT2D eigenvalue weighted by Crippen LogP contribution is 2.46. The number of ether oxygens (including phenoxy) is 2. The molecule has 3 aromatic carbocycles. The average molecular weight is 649 g/mol. The molecule has 0 spiro atoms. The Labute approximate surface area is 267 Å². The van der Waals surface area contributed by atoms with Crippen LogP contribution in [0.4, 0.5) is 18.0 Å². The Kier molecular flexibility index (Phi) is 8.19. The summed E-state index contributed by atoms with van der Waals surface area (Å²) < 4.78 is 50.3. The van der Waals surface area contributed by atoms with Crippen LogP contribution in [-0.2, 0) is 5.54 Å². The molecule has 2 amide bonds. The molecule has 0 saturated heterocycles. The lowest BCUT2D eigenvalue weighted by Gasteiger charge is -2.17. The van der Waals surface area contributed by atoms with Crippen molar-refractivity contribution in [1.29, 1.82) is 0 Å². The highest BCUT2D eigenvalue weighted by atomic mass is 32.1. The normalized spacial score (nSPS) is 14.4. The first kappa shape index (κ1) is 31.1. The number of thiazole rings is 1. The van der Waals surface area contributed by atoms with Gasteiger partial charge < -0.3 is 14.8 Å². The third kappa shape index (κ3) is 6.54. The zero-order chi connectivity index (χ0) is 32.6. The van der Waals surface area contributed by atoms with Crippen molar-refractivity contribution in [2.75, 3.05) is 7.11 Å². The minimum Gasteiger partial charge on any atom is -0.497 e. The predicted octanol–water partition coefficient (Wildman–Crippen LogP) is 7.43. The summed E-state index contributed by atoms with van der Waals surface area (Å²) in [5.41, 5.74) is 4.73. The van der Waals surface area contributed by atoms with E-state index in [0.717, 1.165) is 46.7 Å². The Balaban J connectivity index is 1.19. The van der Waals surface area contributed by atoms with Crippen molar-refractivity contribution in [1.82, 2.24) is 24.6 Å². The molecular formula is C33H31F3N6O3S. The molecule has 238 valence electrons. The van der Waals surface area contributed by atoms with Gasteiger partial charge in [-0.3, -0.25) is 4.57 Å². The van der Waals surface area contributed by atoms with Crippen LogP contribution >= 0.6 is 11.3 Å². The molecule has 0 aliphatic heterocycles. The Morgan fingerprint density at radius 1 is 1.04 bits per heavy atom. The Bertz CT molecular complexity index is 1940. The Morgan fingerprint density at radius 3 is 2.37 bits per heavy atom. The van der Waals surface area contributed by atoms with Gasteiger partial charge in [-0.25, -0.2) is 14.5 Å². The Morgan fingerprint density at radius 2 is 1.74 bits per heavy atom. The lowest BCUT2D eigenvalue weighted by atomic mass is 10.0. The number of nitrogens with zero attached hydrogens (tertiary/aromatic N) is 5. The molecule has 13 heteroatoms. The highest BCUT2D eigenvalue weighted by Gasteiger charge is 2.45. The maximum absolute atomic E-state index is 13.3. The molecule has 9 nitrogen and oxygen atoms in total. The number of carbonyl (C=O) groups is 1. The second kappa shape index (κ2) is 12.1. The molecule has 0 unspecified atom stereocenters. The van der Waals surface area contributed by atoms with Gasteiger partial charge in [0.15, 0.2) is 10.6 Å². The molecule has 46 heavy (non-hydrogen) atoms. The van der Waals surface area contributed by atoms with Crippen LogP contribution in [0.1, 0.15) is 49.4 Å². The molecule has 1 N–H and O–H groups in total. The molecule has 0 atom stereocenters. The van der Waals surface area contributed by atoms with Crippen LogP contribution in [-0.4, -0.2) is 38.8 Å². The fourth-order valence-corrected chi connectivity index (χ4v) is 6.15. The van der Waals surface area contributed by atoms with Gasteiger partial charge >= 0.3 is 12.4 Å². The monoisotopic (exact) mass is 648 g/mol. The van der Waals surface area contributed by atoms with Crippen LogP contribution in [0.2, 0.25) is 0 Å². The Hall–Kier alpha value is -4.91. The summed E-state index contributed by atoms with van der Waals surface area (Å²) in [7, 11) is 1.63. The maximum atomic E-state index is 13.3. The first-order valence-electron chi connectivity index (χ1n) is 14.6. The number of aryl methyl sites for hydroxylation is 1. The summed E-state index contributed by atoms with van der Waals surface area (Å²) in [6.07, 6.45) is -1.70. The quantitative estimate of drug-likeness (QED) is 0.189. The van der Waals surface area contributed by atoms with Gasteiger partial charge in [0, 0.05) is 22.7 Å². The number of methoxy groups -OCH3 is 1. The van der Waals surface area contributed by atoms with Gasteiger partial charge in [0.2, 0.25) is 0 Å². The summed E-state index contributed by atoms with van der Waals surface area (Å²) in [6.45, 7) is 6.24. The lowest BCUT2D eigenvalue weighted by Crippen LogP contribution is -2.34. The molecule has 0 radical (unpaired) electrons. The fourth-order valence-electron chi connectivity index (χ4n) is 5.28. The number of aromatic nitrogens is 4. The van der Waals surface area contributed by atoms with Crippen molar-refractivity contribution in [2.45, 2.75) is 51.4 Å². The summed E-state index contributed by atoms with van der Waals surface area (Å²) >= 11 is 1.41. The van der Waals surface area contributed by atoms with Crippen molar-refractivity contribution in [2.24, 2.45) is 4.99 Å². The average Bonchev–Trinajstić information content (AvgIpc) is 3.46. The number of amides is 2.